The predicted octanol–water partition coefficient (Wildman–Crippen LogP) is 6.30. The maximum Gasteiger partial charge on any atom is 0.243 e. The van der Waals surface area contributed by atoms with Gasteiger partial charge in [-0.1, -0.05) is 71.6 Å². The predicted molar refractivity (Wildman–Crippen MR) is 101 cm³/mol. The van der Waals surface area contributed by atoms with E-state index in [1.807, 2.05) is 0 Å². The zero-order valence-corrected chi connectivity index (χ0v) is 16.3. The first-order valence-electron chi connectivity index (χ1n) is 10.2. The highest BCUT2D eigenvalue weighted by molar-refractivity contribution is 4.69. The lowest BCUT2D eigenvalue weighted by molar-refractivity contribution is -0.697. The van der Waals surface area contributed by atoms with Crippen LogP contribution in [0.3, 0.4) is 0 Å². The third kappa shape index (κ3) is 10.6. The number of hydrogen-bond donors (Lipinski definition) is 0. The fourth-order valence-electron chi connectivity index (χ4n) is 3.11. The van der Waals surface area contributed by atoms with Gasteiger partial charge in [-0.2, -0.15) is 0 Å². The Kier molecular flexibility index (Phi) is 11.1. The van der Waals surface area contributed by atoms with Crippen LogP contribution in [-0.4, -0.2) is 4.57 Å². The molecule has 0 aliphatic carbocycles. The summed E-state index contributed by atoms with van der Waals surface area (Å²) in [5, 5.41) is 0. The largest absolute Gasteiger partial charge is 0.243 e. The van der Waals surface area contributed by atoms with Crippen LogP contribution in [0, 0.1) is 5.92 Å². The Morgan fingerprint density at radius 2 is 1.26 bits per heavy atom. The maximum atomic E-state index is 2.33. The van der Waals surface area contributed by atoms with Crippen LogP contribution < -0.4 is 4.57 Å². The van der Waals surface area contributed by atoms with Crippen molar-refractivity contribution < 1.29 is 4.57 Å². The van der Waals surface area contributed by atoms with Crippen LogP contribution in [0.25, 0.3) is 0 Å². The Labute approximate surface area is 145 Å². The van der Waals surface area contributed by atoms with E-state index in [1.54, 1.807) is 0 Å². The van der Waals surface area contributed by atoms with E-state index in [4.69, 9.17) is 0 Å². The van der Waals surface area contributed by atoms with Gasteiger partial charge in [0.2, 0.25) is 6.33 Å². The van der Waals surface area contributed by atoms with Crippen LogP contribution in [-0.2, 0) is 6.54 Å². The summed E-state index contributed by atoms with van der Waals surface area (Å²) < 4.78 is 4.61. The molecule has 23 heavy (non-hydrogen) atoms. The molecular formula is C21H41N2+. The summed E-state index contributed by atoms with van der Waals surface area (Å²) in [5.74, 6) is 0.886. The van der Waals surface area contributed by atoms with E-state index in [-0.39, 0.29) is 0 Å². The highest BCUT2D eigenvalue weighted by atomic mass is 15.1. The third-order valence-electron chi connectivity index (χ3n) is 4.76. The molecule has 0 atom stereocenters. The topological polar surface area (TPSA) is 8.81 Å². The van der Waals surface area contributed by atoms with Crippen molar-refractivity contribution in [2.75, 3.05) is 0 Å². The van der Waals surface area contributed by atoms with Gasteiger partial charge in [-0.25, -0.2) is 9.13 Å². The molecule has 0 aliphatic rings. The molecule has 0 N–H and O–H groups in total. The van der Waals surface area contributed by atoms with Gasteiger partial charge in [-0.05, 0) is 32.6 Å². The lowest BCUT2D eigenvalue weighted by atomic mass is 10.0. The molecular weight excluding hydrogens is 280 g/mol. The number of unbranched alkanes of at least 4 members (excludes halogenated alkanes) is 9. The summed E-state index contributed by atoms with van der Waals surface area (Å²) in [4.78, 5) is 0. The molecule has 0 unspecified atom stereocenters. The molecule has 134 valence electrons. The van der Waals surface area contributed by atoms with Crippen molar-refractivity contribution in [3.05, 3.63) is 18.7 Å². The zero-order chi connectivity index (χ0) is 16.9. The standard InChI is InChI=1S/C21H41N2/c1-20(2)15-13-11-9-7-5-6-8-10-12-14-16-22-17-18-23(19-22)21(3)4/h17-21H,5-16H2,1-4H3/q+1. The van der Waals surface area contributed by atoms with Crippen molar-refractivity contribution in [3.8, 4) is 0 Å². The molecule has 1 aromatic heterocycles. The average molecular weight is 322 g/mol. The first-order valence-corrected chi connectivity index (χ1v) is 10.2. The van der Waals surface area contributed by atoms with Crippen molar-refractivity contribution in [1.82, 2.24) is 4.57 Å². The molecule has 0 aromatic carbocycles. The minimum Gasteiger partial charge on any atom is -0.237 e. The molecule has 0 amide bonds. The number of rotatable bonds is 14. The SMILES string of the molecule is CC(C)CCCCCCCCCCCC[n+]1ccn(C(C)C)c1. The van der Waals surface area contributed by atoms with Gasteiger partial charge in [-0.3, -0.25) is 0 Å². The van der Waals surface area contributed by atoms with Crippen LogP contribution in [0.1, 0.15) is 104 Å². The molecule has 2 nitrogen and oxygen atoms in total. The minimum absolute atomic E-state index is 0.571. The number of imidazole rings is 1. The minimum atomic E-state index is 0.571. The van der Waals surface area contributed by atoms with Crippen LogP contribution in [0.2, 0.25) is 0 Å². The van der Waals surface area contributed by atoms with Crippen LogP contribution in [0.4, 0.5) is 0 Å². The monoisotopic (exact) mass is 321 g/mol. The average Bonchev–Trinajstić information content (AvgIpc) is 2.97. The molecule has 0 spiro atoms. The number of aryl methyl sites for hydroxylation is 1. The van der Waals surface area contributed by atoms with Crippen molar-refractivity contribution in [2.24, 2.45) is 5.92 Å². The fraction of sp³-hybridized carbons (Fsp3) is 0.857. The second-order valence-electron chi connectivity index (χ2n) is 7.91. The fourth-order valence-corrected chi connectivity index (χ4v) is 3.11. The van der Waals surface area contributed by atoms with Gasteiger partial charge in [0.1, 0.15) is 12.4 Å². The second-order valence-corrected chi connectivity index (χ2v) is 7.91. The quantitative estimate of drug-likeness (QED) is 0.281. The molecule has 1 heterocycles. The Bertz CT molecular complexity index is 379. The van der Waals surface area contributed by atoms with E-state index < -0.39 is 0 Å². The summed E-state index contributed by atoms with van der Waals surface area (Å²) in [6.07, 6.45) is 22.3. The summed E-state index contributed by atoms with van der Waals surface area (Å²) in [7, 11) is 0. The molecule has 0 saturated carbocycles. The van der Waals surface area contributed by atoms with E-state index in [0.29, 0.717) is 6.04 Å². The van der Waals surface area contributed by atoms with Gasteiger partial charge in [0, 0.05) is 0 Å². The molecule has 1 aromatic rings. The lowest BCUT2D eigenvalue weighted by Gasteiger charge is -2.04. The van der Waals surface area contributed by atoms with Gasteiger partial charge in [0.25, 0.3) is 0 Å². The maximum absolute atomic E-state index is 2.33. The van der Waals surface area contributed by atoms with Gasteiger partial charge >= 0.3 is 0 Å². The molecule has 0 bridgehead atoms. The molecule has 2 heteroatoms. The van der Waals surface area contributed by atoms with Crippen molar-refractivity contribution in [1.29, 1.82) is 0 Å². The molecule has 0 aliphatic heterocycles. The van der Waals surface area contributed by atoms with Gasteiger partial charge in [0.05, 0.1) is 12.6 Å². The molecule has 0 radical (unpaired) electrons. The number of aromatic nitrogens is 2. The number of nitrogens with zero attached hydrogens (tertiary/aromatic N) is 2. The Morgan fingerprint density at radius 1 is 0.739 bits per heavy atom. The van der Waals surface area contributed by atoms with E-state index in [2.05, 4.69) is 55.6 Å². The van der Waals surface area contributed by atoms with E-state index in [1.165, 1.54) is 77.2 Å². The lowest BCUT2D eigenvalue weighted by Crippen LogP contribution is -2.31. The van der Waals surface area contributed by atoms with Crippen LogP contribution in [0.15, 0.2) is 18.7 Å². The highest BCUT2D eigenvalue weighted by Gasteiger charge is 2.06. The van der Waals surface area contributed by atoms with Crippen LogP contribution >= 0.6 is 0 Å². The van der Waals surface area contributed by atoms with Gasteiger partial charge in [-0.15, -0.1) is 0 Å². The third-order valence-corrected chi connectivity index (χ3v) is 4.76. The highest BCUT2D eigenvalue weighted by Crippen LogP contribution is 2.13. The Morgan fingerprint density at radius 3 is 1.74 bits per heavy atom. The first kappa shape index (κ1) is 20.3. The summed E-state index contributed by atoms with van der Waals surface area (Å²) in [6, 6.07) is 0.571. The summed E-state index contributed by atoms with van der Waals surface area (Å²) in [6.45, 7) is 10.3. The first-order chi connectivity index (χ1) is 11.1. The van der Waals surface area contributed by atoms with Crippen molar-refractivity contribution in [2.45, 2.75) is 111 Å². The second kappa shape index (κ2) is 12.6. The van der Waals surface area contributed by atoms with Gasteiger partial charge < -0.3 is 0 Å². The molecule has 0 saturated heterocycles. The van der Waals surface area contributed by atoms with E-state index in [0.717, 1.165) is 5.92 Å². The van der Waals surface area contributed by atoms with E-state index >= 15 is 0 Å². The van der Waals surface area contributed by atoms with Crippen molar-refractivity contribution >= 4 is 0 Å². The molecule has 1 rings (SSSR count). The van der Waals surface area contributed by atoms with Gasteiger partial charge in [0.15, 0.2) is 0 Å². The summed E-state index contributed by atoms with van der Waals surface area (Å²) >= 11 is 0. The normalized spacial score (nSPS) is 11.7. The smallest absolute Gasteiger partial charge is 0.237 e. The molecule has 0 fully saturated rings. The van der Waals surface area contributed by atoms with Crippen LogP contribution in [0.5, 0.6) is 0 Å². The zero-order valence-electron chi connectivity index (χ0n) is 16.3. The number of hydrogen-bond acceptors (Lipinski definition) is 0. The summed E-state index contributed by atoms with van der Waals surface area (Å²) in [5.41, 5.74) is 0. The Hall–Kier alpha value is -0.790. The van der Waals surface area contributed by atoms with Crippen molar-refractivity contribution in [3.63, 3.8) is 0 Å². The Balaban J connectivity index is 1.84. The van der Waals surface area contributed by atoms with E-state index in [9.17, 15) is 0 Å².